The van der Waals surface area contributed by atoms with Crippen LogP contribution in [0.25, 0.3) is 0 Å². The van der Waals surface area contributed by atoms with Gasteiger partial charge in [-0.1, -0.05) is 11.6 Å². The molecule has 2 aromatic rings. The minimum atomic E-state index is -0.250. The molecular weight excluding hydrogens is 264 g/mol. The highest BCUT2D eigenvalue weighted by molar-refractivity contribution is 6.30. The van der Waals surface area contributed by atoms with E-state index in [0.717, 1.165) is 0 Å². The third-order valence-corrected chi connectivity index (χ3v) is 2.85. The molecule has 0 fully saturated rings. The molecule has 100 valence electrons. The molecule has 6 heteroatoms. The van der Waals surface area contributed by atoms with E-state index in [9.17, 15) is 4.79 Å². The Balaban J connectivity index is 2.22. The number of aromatic nitrogens is 2. The Hall–Kier alpha value is -2.01. The van der Waals surface area contributed by atoms with Crippen molar-refractivity contribution in [2.24, 2.45) is 0 Å². The number of carbonyl (C=O) groups is 1. The molecule has 0 saturated carbocycles. The molecule has 2 aromatic heterocycles. The van der Waals surface area contributed by atoms with Crippen LogP contribution in [0.5, 0.6) is 0 Å². The van der Waals surface area contributed by atoms with E-state index < -0.39 is 0 Å². The molecule has 3 N–H and O–H groups in total. The van der Waals surface area contributed by atoms with Gasteiger partial charge in [-0.05, 0) is 32.0 Å². The van der Waals surface area contributed by atoms with Gasteiger partial charge in [0.1, 0.15) is 11.5 Å². The zero-order valence-corrected chi connectivity index (χ0v) is 11.5. The molecule has 0 spiro atoms. The van der Waals surface area contributed by atoms with Crippen LogP contribution in [0.2, 0.25) is 5.02 Å². The molecule has 0 radical (unpaired) electrons. The Labute approximate surface area is 116 Å². The van der Waals surface area contributed by atoms with Gasteiger partial charge in [-0.2, -0.15) is 0 Å². The average Bonchev–Trinajstić information content (AvgIpc) is 2.74. The Morgan fingerprint density at radius 3 is 2.79 bits per heavy atom. The summed E-state index contributed by atoms with van der Waals surface area (Å²) in [6.45, 7) is 3.97. The summed E-state index contributed by atoms with van der Waals surface area (Å²) in [6.07, 6.45) is 3.22. The fourth-order valence-electron chi connectivity index (χ4n) is 1.74. The van der Waals surface area contributed by atoms with E-state index in [2.05, 4.69) is 10.3 Å². The number of hydrogen-bond donors (Lipinski definition) is 2. The Morgan fingerprint density at radius 2 is 2.21 bits per heavy atom. The summed E-state index contributed by atoms with van der Waals surface area (Å²) in [5.74, 6) is 0.199. The summed E-state index contributed by atoms with van der Waals surface area (Å²) >= 11 is 5.74. The van der Waals surface area contributed by atoms with Crippen molar-refractivity contribution in [3.05, 3.63) is 41.3 Å². The Morgan fingerprint density at radius 1 is 1.47 bits per heavy atom. The lowest BCUT2D eigenvalue weighted by atomic mass is 10.3. The predicted molar refractivity (Wildman–Crippen MR) is 76.4 cm³/mol. The molecule has 0 unspecified atom stereocenters. The van der Waals surface area contributed by atoms with E-state index in [1.807, 2.05) is 18.4 Å². The lowest BCUT2D eigenvalue weighted by Crippen LogP contribution is -2.18. The fourth-order valence-corrected chi connectivity index (χ4v) is 1.85. The second-order valence-corrected chi connectivity index (χ2v) is 4.91. The fraction of sp³-hybridized carbons (Fsp3) is 0.231. The van der Waals surface area contributed by atoms with E-state index in [0.29, 0.717) is 22.2 Å². The van der Waals surface area contributed by atoms with Crippen molar-refractivity contribution in [2.45, 2.75) is 19.9 Å². The molecule has 5 nitrogen and oxygen atoms in total. The molecule has 1 amide bonds. The summed E-state index contributed by atoms with van der Waals surface area (Å²) in [4.78, 5) is 16.2. The second kappa shape index (κ2) is 5.32. The monoisotopic (exact) mass is 278 g/mol. The first-order valence-corrected chi connectivity index (χ1v) is 6.25. The Bertz CT molecular complexity index is 589. The largest absolute Gasteiger partial charge is 0.397 e. The van der Waals surface area contributed by atoms with Crippen LogP contribution in [0.1, 0.15) is 30.4 Å². The highest BCUT2D eigenvalue weighted by atomic mass is 35.5. The first-order valence-electron chi connectivity index (χ1n) is 5.87. The van der Waals surface area contributed by atoms with Gasteiger partial charge in [0.2, 0.25) is 0 Å². The Kier molecular flexibility index (Phi) is 3.76. The van der Waals surface area contributed by atoms with Crippen LogP contribution in [0.4, 0.5) is 11.5 Å². The molecular formula is C13H15ClN4O. The third-order valence-electron chi connectivity index (χ3n) is 2.63. The number of nitrogen functional groups attached to an aromatic ring is 1. The summed E-state index contributed by atoms with van der Waals surface area (Å²) in [5, 5.41) is 3.23. The quantitative estimate of drug-likeness (QED) is 0.906. The highest BCUT2D eigenvalue weighted by Crippen LogP contribution is 2.18. The molecule has 2 rings (SSSR count). The summed E-state index contributed by atoms with van der Waals surface area (Å²) in [6, 6.07) is 5.11. The van der Waals surface area contributed by atoms with Gasteiger partial charge in [-0.15, -0.1) is 0 Å². The minimum absolute atomic E-state index is 0.149. The van der Waals surface area contributed by atoms with Crippen LogP contribution in [0.15, 0.2) is 30.6 Å². The number of pyridine rings is 1. The van der Waals surface area contributed by atoms with Gasteiger partial charge in [0, 0.05) is 18.4 Å². The molecule has 0 aromatic carbocycles. The maximum absolute atomic E-state index is 12.2. The van der Waals surface area contributed by atoms with Crippen molar-refractivity contribution in [1.29, 1.82) is 0 Å². The van der Waals surface area contributed by atoms with Gasteiger partial charge in [-0.3, -0.25) is 4.79 Å². The van der Waals surface area contributed by atoms with Crippen molar-refractivity contribution in [3.8, 4) is 0 Å². The first-order chi connectivity index (χ1) is 8.97. The number of nitrogens with one attached hydrogen (secondary N) is 1. The second-order valence-electron chi connectivity index (χ2n) is 4.48. The van der Waals surface area contributed by atoms with E-state index in [1.165, 1.54) is 6.20 Å². The van der Waals surface area contributed by atoms with Crippen LogP contribution in [0, 0.1) is 0 Å². The number of nitrogens with two attached hydrogens (primary N) is 1. The molecule has 19 heavy (non-hydrogen) atoms. The highest BCUT2D eigenvalue weighted by Gasteiger charge is 2.15. The lowest BCUT2D eigenvalue weighted by molar-refractivity contribution is 0.101. The van der Waals surface area contributed by atoms with E-state index in [-0.39, 0.29) is 11.9 Å². The maximum Gasteiger partial charge on any atom is 0.273 e. The number of rotatable bonds is 3. The number of hydrogen-bond acceptors (Lipinski definition) is 3. The first kappa shape index (κ1) is 13.4. The van der Waals surface area contributed by atoms with Crippen LogP contribution >= 0.6 is 11.6 Å². The normalized spacial score (nSPS) is 10.7. The molecule has 0 aliphatic rings. The van der Waals surface area contributed by atoms with Crippen LogP contribution in [-0.2, 0) is 0 Å². The predicted octanol–water partition coefficient (Wildman–Crippen LogP) is 2.95. The molecule has 0 saturated heterocycles. The van der Waals surface area contributed by atoms with Crippen LogP contribution in [-0.4, -0.2) is 15.5 Å². The van der Waals surface area contributed by atoms with Gasteiger partial charge in [-0.25, -0.2) is 4.98 Å². The minimum Gasteiger partial charge on any atom is -0.397 e. The summed E-state index contributed by atoms with van der Waals surface area (Å²) in [7, 11) is 0. The number of halogens is 1. The number of anilines is 2. The van der Waals surface area contributed by atoms with Crippen LogP contribution < -0.4 is 11.1 Å². The van der Waals surface area contributed by atoms with Crippen molar-refractivity contribution >= 4 is 29.0 Å². The van der Waals surface area contributed by atoms with E-state index in [4.69, 9.17) is 17.3 Å². The molecule has 0 aliphatic carbocycles. The van der Waals surface area contributed by atoms with Crippen LogP contribution in [0.3, 0.4) is 0 Å². The SMILES string of the molecule is CC(C)n1cc(N)cc1C(=O)Nc1ccc(Cl)cn1. The molecule has 0 aliphatic heterocycles. The maximum atomic E-state index is 12.2. The lowest BCUT2D eigenvalue weighted by Gasteiger charge is -2.12. The average molecular weight is 279 g/mol. The van der Waals surface area contributed by atoms with Gasteiger partial charge in [0.05, 0.1) is 10.7 Å². The van der Waals surface area contributed by atoms with Gasteiger partial charge in [0.25, 0.3) is 5.91 Å². The van der Waals surface area contributed by atoms with Gasteiger partial charge >= 0.3 is 0 Å². The van der Waals surface area contributed by atoms with Gasteiger partial charge < -0.3 is 15.6 Å². The van der Waals surface area contributed by atoms with Gasteiger partial charge in [0.15, 0.2) is 0 Å². The van der Waals surface area contributed by atoms with E-state index in [1.54, 1.807) is 24.4 Å². The summed E-state index contributed by atoms with van der Waals surface area (Å²) < 4.78 is 1.82. The standard InChI is InChI=1S/C13H15ClN4O/c1-8(2)18-7-10(15)5-11(18)13(19)17-12-4-3-9(14)6-16-12/h3-8H,15H2,1-2H3,(H,16,17,19). The van der Waals surface area contributed by atoms with Crippen molar-refractivity contribution in [1.82, 2.24) is 9.55 Å². The number of nitrogens with zero attached hydrogens (tertiary/aromatic N) is 2. The smallest absolute Gasteiger partial charge is 0.273 e. The molecule has 2 heterocycles. The number of carbonyl (C=O) groups excluding carboxylic acids is 1. The summed E-state index contributed by atoms with van der Waals surface area (Å²) in [5.41, 5.74) is 6.80. The molecule has 0 bridgehead atoms. The topological polar surface area (TPSA) is 72.9 Å². The molecule has 0 atom stereocenters. The zero-order valence-electron chi connectivity index (χ0n) is 10.7. The number of amides is 1. The van der Waals surface area contributed by atoms with E-state index >= 15 is 0 Å². The van der Waals surface area contributed by atoms with Crippen molar-refractivity contribution in [3.63, 3.8) is 0 Å². The zero-order chi connectivity index (χ0) is 14.0. The van der Waals surface area contributed by atoms with Crippen molar-refractivity contribution in [2.75, 3.05) is 11.1 Å². The third kappa shape index (κ3) is 3.06. The van der Waals surface area contributed by atoms with Crippen molar-refractivity contribution < 1.29 is 4.79 Å².